The van der Waals surface area contributed by atoms with Gasteiger partial charge in [0.05, 0.1) is 6.54 Å². The zero-order valence-electron chi connectivity index (χ0n) is 15.6. The van der Waals surface area contributed by atoms with Gasteiger partial charge in [0, 0.05) is 12.3 Å². The molecule has 2 aromatic carbocycles. The average Bonchev–Trinajstić information content (AvgIpc) is 2.62. The highest BCUT2D eigenvalue weighted by molar-refractivity contribution is 5.28. The largest absolute Gasteiger partial charge is 0.489 e. The fourth-order valence-electron chi connectivity index (χ4n) is 2.76. The van der Waals surface area contributed by atoms with Crippen LogP contribution in [0.2, 0.25) is 0 Å². The highest BCUT2D eigenvalue weighted by Crippen LogP contribution is 2.22. The van der Waals surface area contributed by atoms with Crippen molar-refractivity contribution in [3.63, 3.8) is 0 Å². The van der Waals surface area contributed by atoms with Crippen molar-refractivity contribution in [2.75, 3.05) is 0 Å². The van der Waals surface area contributed by atoms with Crippen molar-refractivity contribution in [1.29, 1.82) is 0 Å². The number of rotatable bonds is 5. The summed E-state index contributed by atoms with van der Waals surface area (Å²) in [5, 5.41) is 0. The Morgan fingerprint density at radius 3 is 2.19 bits per heavy atom. The number of hydrogen-bond donors (Lipinski definition) is 0. The third-order valence-electron chi connectivity index (χ3n) is 4.39. The molecule has 0 amide bonds. The van der Waals surface area contributed by atoms with Gasteiger partial charge in [-0.05, 0) is 28.2 Å². The molecule has 0 atom stereocenters. The molecule has 3 aromatic rings. The van der Waals surface area contributed by atoms with Gasteiger partial charge in [-0.15, -0.1) is 0 Å². The summed E-state index contributed by atoms with van der Waals surface area (Å²) < 4.78 is 7.41. The number of pyridine rings is 1. The quantitative estimate of drug-likeness (QED) is 0.665. The topological polar surface area (TPSA) is 31.2 Å². The Kier molecular flexibility index (Phi) is 5.27. The van der Waals surface area contributed by atoms with Crippen molar-refractivity contribution in [2.45, 2.75) is 39.3 Å². The predicted molar refractivity (Wildman–Crippen MR) is 106 cm³/mol. The summed E-state index contributed by atoms with van der Waals surface area (Å²) in [6.07, 6.45) is 1.79. The highest BCUT2D eigenvalue weighted by Gasteiger charge is 2.12. The minimum atomic E-state index is -0.0598. The number of benzene rings is 2. The second kappa shape index (κ2) is 7.61. The number of ether oxygens (including phenoxy) is 1. The van der Waals surface area contributed by atoms with Crippen LogP contribution in [0, 0.1) is 0 Å². The summed E-state index contributed by atoms with van der Waals surface area (Å²) >= 11 is 0. The first-order valence-corrected chi connectivity index (χ1v) is 8.88. The molecular formula is C23H25NO2. The van der Waals surface area contributed by atoms with Crippen molar-refractivity contribution in [2.24, 2.45) is 0 Å². The summed E-state index contributed by atoms with van der Waals surface area (Å²) in [6.45, 7) is 7.60. The molecular weight excluding hydrogens is 322 g/mol. The molecule has 3 rings (SSSR count). The standard InChI is InChI=1S/C23H25NO2/c1-23(2,3)20-11-9-18(10-12-20)16-24-14-13-21(15-22(24)25)26-17-19-7-5-4-6-8-19/h4-15H,16-17H2,1-3H3. The Labute approximate surface area is 154 Å². The summed E-state index contributed by atoms with van der Waals surface area (Å²) in [7, 11) is 0. The molecule has 26 heavy (non-hydrogen) atoms. The minimum absolute atomic E-state index is 0.0598. The molecule has 0 radical (unpaired) electrons. The van der Waals surface area contributed by atoms with Crippen LogP contribution in [0.5, 0.6) is 5.75 Å². The third-order valence-corrected chi connectivity index (χ3v) is 4.39. The molecule has 134 valence electrons. The van der Waals surface area contributed by atoms with Crippen LogP contribution in [0.25, 0.3) is 0 Å². The van der Waals surface area contributed by atoms with Gasteiger partial charge in [-0.2, -0.15) is 0 Å². The van der Waals surface area contributed by atoms with Gasteiger partial charge < -0.3 is 9.30 Å². The molecule has 0 saturated heterocycles. The lowest BCUT2D eigenvalue weighted by Crippen LogP contribution is -2.19. The molecule has 0 aliphatic carbocycles. The van der Waals surface area contributed by atoms with E-state index in [4.69, 9.17) is 4.74 Å². The van der Waals surface area contributed by atoms with E-state index in [2.05, 4.69) is 45.0 Å². The molecule has 1 aromatic heterocycles. The summed E-state index contributed by atoms with van der Waals surface area (Å²) in [5.41, 5.74) is 3.55. The van der Waals surface area contributed by atoms with E-state index in [1.165, 1.54) is 5.56 Å². The van der Waals surface area contributed by atoms with E-state index in [1.54, 1.807) is 16.8 Å². The van der Waals surface area contributed by atoms with Crippen LogP contribution in [-0.2, 0) is 18.6 Å². The van der Waals surface area contributed by atoms with E-state index < -0.39 is 0 Å². The Morgan fingerprint density at radius 2 is 1.58 bits per heavy atom. The Balaban J connectivity index is 1.67. The molecule has 0 bridgehead atoms. The zero-order chi connectivity index (χ0) is 18.6. The first kappa shape index (κ1) is 18.0. The maximum atomic E-state index is 12.4. The van der Waals surface area contributed by atoms with E-state index >= 15 is 0 Å². The van der Waals surface area contributed by atoms with Gasteiger partial charge in [0.2, 0.25) is 0 Å². The monoisotopic (exact) mass is 347 g/mol. The first-order valence-electron chi connectivity index (χ1n) is 8.88. The maximum Gasteiger partial charge on any atom is 0.254 e. The predicted octanol–water partition coefficient (Wildman–Crippen LogP) is 4.77. The highest BCUT2D eigenvalue weighted by atomic mass is 16.5. The number of aromatic nitrogens is 1. The van der Waals surface area contributed by atoms with Crippen molar-refractivity contribution < 1.29 is 4.74 Å². The van der Waals surface area contributed by atoms with Gasteiger partial charge in [-0.1, -0.05) is 75.4 Å². The van der Waals surface area contributed by atoms with Gasteiger partial charge in [0.25, 0.3) is 5.56 Å². The minimum Gasteiger partial charge on any atom is -0.489 e. The maximum absolute atomic E-state index is 12.4. The first-order chi connectivity index (χ1) is 12.4. The van der Waals surface area contributed by atoms with Crippen LogP contribution >= 0.6 is 0 Å². The molecule has 1 heterocycles. The molecule has 0 aliphatic rings. The van der Waals surface area contributed by atoms with Gasteiger partial charge in [0.15, 0.2) is 0 Å². The lowest BCUT2D eigenvalue weighted by molar-refractivity contribution is 0.305. The van der Waals surface area contributed by atoms with E-state index in [9.17, 15) is 4.79 Å². The second-order valence-electron chi connectivity index (χ2n) is 7.55. The van der Waals surface area contributed by atoms with Gasteiger partial charge in [-0.3, -0.25) is 4.79 Å². The van der Waals surface area contributed by atoms with Crippen LogP contribution in [0.1, 0.15) is 37.5 Å². The van der Waals surface area contributed by atoms with Crippen molar-refractivity contribution in [3.8, 4) is 5.75 Å². The molecule has 0 saturated carbocycles. The summed E-state index contributed by atoms with van der Waals surface area (Å²) in [4.78, 5) is 12.4. The number of nitrogens with zero attached hydrogens (tertiary/aromatic N) is 1. The lowest BCUT2D eigenvalue weighted by atomic mass is 9.87. The molecule has 0 fully saturated rings. The van der Waals surface area contributed by atoms with Crippen LogP contribution in [0.3, 0.4) is 0 Å². The normalized spacial score (nSPS) is 11.3. The molecule has 0 N–H and O–H groups in total. The SMILES string of the molecule is CC(C)(C)c1ccc(Cn2ccc(OCc3ccccc3)cc2=O)cc1. The molecule has 0 spiro atoms. The van der Waals surface area contributed by atoms with E-state index in [0.717, 1.165) is 11.1 Å². The lowest BCUT2D eigenvalue weighted by Gasteiger charge is -2.19. The number of hydrogen-bond acceptors (Lipinski definition) is 2. The van der Waals surface area contributed by atoms with Crippen LogP contribution in [-0.4, -0.2) is 4.57 Å². The zero-order valence-corrected chi connectivity index (χ0v) is 15.6. The fourth-order valence-corrected chi connectivity index (χ4v) is 2.76. The molecule has 3 nitrogen and oxygen atoms in total. The summed E-state index contributed by atoms with van der Waals surface area (Å²) in [5.74, 6) is 0.596. The Hall–Kier alpha value is -2.81. The van der Waals surface area contributed by atoms with Crippen molar-refractivity contribution in [1.82, 2.24) is 4.57 Å². The summed E-state index contributed by atoms with van der Waals surface area (Å²) in [6, 6.07) is 21.8. The molecule has 0 unspecified atom stereocenters. The van der Waals surface area contributed by atoms with Gasteiger partial charge in [0.1, 0.15) is 12.4 Å². The Morgan fingerprint density at radius 1 is 0.885 bits per heavy atom. The average molecular weight is 347 g/mol. The fraction of sp³-hybridized carbons (Fsp3) is 0.261. The van der Waals surface area contributed by atoms with Crippen LogP contribution < -0.4 is 10.3 Å². The van der Waals surface area contributed by atoms with Gasteiger partial charge >= 0.3 is 0 Å². The van der Waals surface area contributed by atoms with E-state index in [1.807, 2.05) is 36.4 Å². The van der Waals surface area contributed by atoms with Gasteiger partial charge in [-0.25, -0.2) is 0 Å². The van der Waals surface area contributed by atoms with Crippen molar-refractivity contribution in [3.05, 3.63) is 100.0 Å². The van der Waals surface area contributed by atoms with E-state index in [-0.39, 0.29) is 11.0 Å². The van der Waals surface area contributed by atoms with Crippen molar-refractivity contribution >= 4 is 0 Å². The van der Waals surface area contributed by atoms with Crippen LogP contribution in [0.4, 0.5) is 0 Å². The third kappa shape index (κ3) is 4.63. The molecule has 3 heteroatoms. The molecule has 0 aliphatic heterocycles. The van der Waals surface area contributed by atoms with Crippen LogP contribution in [0.15, 0.2) is 77.7 Å². The smallest absolute Gasteiger partial charge is 0.254 e. The second-order valence-corrected chi connectivity index (χ2v) is 7.55. The van der Waals surface area contributed by atoms with E-state index in [0.29, 0.717) is 18.9 Å². The Bertz CT molecular complexity index is 903.